The van der Waals surface area contributed by atoms with Gasteiger partial charge in [-0.2, -0.15) is 11.8 Å². The van der Waals surface area contributed by atoms with Gasteiger partial charge in [0.2, 0.25) is 5.91 Å². The minimum absolute atomic E-state index is 0.169. The van der Waals surface area contributed by atoms with Crippen LogP contribution in [0.4, 0.5) is 0 Å². The number of thioether (sulfide) groups is 1. The Bertz CT molecular complexity index is 651. The van der Waals surface area contributed by atoms with Crippen molar-refractivity contribution in [2.75, 3.05) is 45.4 Å². The Morgan fingerprint density at radius 2 is 1.37 bits per heavy atom. The highest BCUT2D eigenvalue weighted by Crippen LogP contribution is 2.13. The number of carbonyl (C=O) groups excluding carboxylic acids is 3. The maximum Gasteiger partial charge on any atom is 0.305 e. The fraction of sp³-hybridized carbons (Fsp3) is 0.906. The highest BCUT2D eigenvalue weighted by atomic mass is 32.2. The van der Waals surface area contributed by atoms with Gasteiger partial charge in [-0.15, -0.1) is 0 Å². The van der Waals surface area contributed by atoms with Gasteiger partial charge in [-0.1, -0.05) is 90.4 Å². The second kappa shape index (κ2) is 28.9. The number of hydrogen-bond acceptors (Lipinski definition) is 8. The number of nitrogens with two attached hydrogens (primary N) is 1. The SMILES string of the molecule is CCCCCCCCCCCCCCCCOC(=O)CCCSC[C@H](N)C(=O)N[C@@H](CO)C(=O)CCCCN(C)C. The van der Waals surface area contributed by atoms with Gasteiger partial charge in [0.25, 0.3) is 0 Å². The van der Waals surface area contributed by atoms with Gasteiger partial charge >= 0.3 is 5.97 Å². The smallest absolute Gasteiger partial charge is 0.305 e. The lowest BCUT2D eigenvalue weighted by Gasteiger charge is -2.18. The monoisotopic (exact) mass is 601 g/mol. The normalized spacial score (nSPS) is 12.8. The Hall–Kier alpha value is -1.16. The number of carbonyl (C=O) groups is 3. The van der Waals surface area contributed by atoms with Crippen LogP contribution in [0.1, 0.15) is 129 Å². The van der Waals surface area contributed by atoms with Gasteiger partial charge in [0.15, 0.2) is 5.78 Å². The highest BCUT2D eigenvalue weighted by molar-refractivity contribution is 7.99. The molecule has 0 heterocycles. The molecule has 1 amide bonds. The average Bonchev–Trinajstić information content (AvgIpc) is 2.95. The second-order valence-electron chi connectivity index (χ2n) is 11.6. The summed E-state index contributed by atoms with van der Waals surface area (Å²) in [5.74, 6) is 0.299. The number of ether oxygens (including phenoxy) is 1. The van der Waals surface area contributed by atoms with Crippen LogP contribution in [0, 0.1) is 0 Å². The molecule has 0 saturated carbocycles. The molecule has 8 nitrogen and oxygen atoms in total. The molecule has 41 heavy (non-hydrogen) atoms. The van der Waals surface area contributed by atoms with Crippen molar-refractivity contribution in [3.05, 3.63) is 0 Å². The number of Topliss-reactive ketones (excluding diaryl/α,β-unsaturated/α-hetero) is 1. The van der Waals surface area contributed by atoms with Crippen LogP contribution < -0.4 is 11.1 Å². The molecular formula is C32H63N3O5S. The van der Waals surface area contributed by atoms with E-state index >= 15 is 0 Å². The van der Waals surface area contributed by atoms with Crippen molar-refractivity contribution in [2.24, 2.45) is 5.73 Å². The summed E-state index contributed by atoms with van der Waals surface area (Å²) in [5.41, 5.74) is 5.96. The summed E-state index contributed by atoms with van der Waals surface area (Å²) in [6.07, 6.45) is 21.2. The van der Waals surface area contributed by atoms with Crippen LogP contribution in [0.3, 0.4) is 0 Å². The third kappa shape index (κ3) is 26.2. The molecule has 4 N–H and O–H groups in total. The van der Waals surface area contributed by atoms with Crippen LogP contribution >= 0.6 is 11.8 Å². The molecule has 0 aromatic rings. The van der Waals surface area contributed by atoms with Gasteiger partial charge in [0, 0.05) is 18.6 Å². The molecule has 0 aromatic heterocycles. The van der Waals surface area contributed by atoms with Crippen molar-refractivity contribution < 1.29 is 24.2 Å². The molecular weight excluding hydrogens is 538 g/mol. The van der Waals surface area contributed by atoms with Crippen LogP contribution in [0.15, 0.2) is 0 Å². The molecule has 0 bridgehead atoms. The van der Waals surface area contributed by atoms with E-state index in [1.165, 1.54) is 88.8 Å². The fourth-order valence-corrected chi connectivity index (χ4v) is 5.49. The predicted molar refractivity (Wildman–Crippen MR) is 172 cm³/mol. The topological polar surface area (TPSA) is 122 Å². The summed E-state index contributed by atoms with van der Waals surface area (Å²) in [6, 6.07) is -1.68. The van der Waals surface area contributed by atoms with E-state index in [0.29, 0.717) is 43.8 Å². The molecule has 9 heteroatoms. The molecule has 0 radical (unpaired) electrons. The molecule has 0 aliphatic heterocycles. The second-order valence-corrected chi connectivity index (χ2v) is 12.7. The fourth-order valence-electron chi connectivity index (χ4n) is 4.57. The van der Waals surface area contributed by atoms with E-state index in [9.17, 15) is 19.5 Å². The van der Waals surface area contributed by atoms with Crippen LogP contribution in [0.2, 0.25) is 0 Å². The van der Waals surface area contributed by atoms with E-state index in [1.807, 2.05) is 14.1 Å². The first-order chi connectivity index (χ1) is 19.8. The molecule has 2 atom stereocenters. The van der Waals surface area contributed by atoms with Gasteiger partial charge in [0.05, 0.1) is 19.3 Å². The first-order valence-corrected chi connectivity index (χ1v) is 17.5. The number of esters is 1. The van der Waals surface area contributed by atoms with Crippen LogP contribution in [0.5, 0.6) is 0 Å². The highest BCUT2D eigenvalue weighted by Gasteiger charge is 2.22. The van der Waals surface area contributed by atoms with Crippen molar-refractivity contribution in [2.45, 2.75) is 141 Å². The maximum atomic E-state index is 12.3. The number of ketones is 1. The van der Waals surface area contributed by atoms with E-state index in [1.54, 1.807) is 0 Å². The van der Waals surface area contributed by atoms with Crippen molar-refractivity contribution in [3.8, 4) is 0 Å². The van der Waals surface area contributed by atoms with Crippen molar-refractivity contribution in [1.82, 2.24) is 10.2 Å². The van der Waals surface area contributed by atoms with Crippen LogP contribution in [-0.4, -0.2) is 85.1 Å². The Balaban J connectivity index is 3.65. The van der Waals surface area contributed by atoms with E-state index in [0.717, 1.165) is 25.8 Å². The first kappa shape index (κ1) is 39.8. The Morgan fingerprint density at radius 3 is 1.90 bits per heavy atom. The van der Waals surface area contributed by atoms with Gasteiger partial charge in [0.1, 0.15) is 6.04 Å². The lowest BCUT2D eigenvalue weighted by molar-refractivity contribution is -0.143. The number of rotatable bonds is 30. The molecule has 0 aromatic carbocycles. The predicted octanol–water partition coefficient (Wildman–Crippen LogP) is 5.63. The number of nitrogens with zero attached hydrogens (tertiary/aromatic N) is 1. The lowest BCUT2D eigenvalue weighted by atomic mass is 10.0. The van der Waals surface area contributed by atoms with E-state index in [2.05, 4.69) is 17.1 Å². The number of hydrogen-bond donors (Lipinski definition) is 3. The third-order valence-corrected chi connectivity index (χ3v) is 8.40. The van der Waals surface area contributed by atoms with Gasteiger partial charge in [-0.3, -0.25) is 14.4 Å². The summed E-state index contributed by atoms with van der Waals surface area (Å²) < 4.78 is 5.35. The Labute approximate surface area is 255 Å². The molecule has 242 valence electrons. The maximum absolute atomic E-state index is 12.3. The van der Waals surface area contributed by atoms with Gasteiger partial charge < -0.3 is 25.8 Å². The van der Waals surface area contributed by atoms with Crippen molar-refractivity contribution in [3.63, 3.8) is 0 Å². The summed E-state index contributed by atoms with van der Waals surface area (Å²) in [4.78, 5) is 38.6. The largest absolute Gasteiger partial charge is 0.466 e. The molecule has 0 unspecified atom stereocenters. The number of nitrogens with one attached hydrogen (secondary N) is 1. The summed E-state index contributed by atoms with van der Waals surface area (Å²) in [5, 5.41) is 12.1. The quantitative estimate of drug-likeness (QED) is 0.0715. The molecule has 0 fully saturated rings. The molecule has 0 aliphatic carbocycles. The number of amides is 1. The number of aliphatic hydroxyl groups is 1. The van der Waals surface area contributed by atoms with E-state index in [-0.39, 0.29) is 11.8 Å². The zero-order valence-electron chi connectivity index (χ0n) is 26.6. The molecule has 0 aliphatic rings. The number of aliphatic hydroxyl groups excluding tert-OH is 1. The summed E-state index contributed by atoms with van der Waals surface area (Å²) in [7, 11) is 3.96. The Morgan fingerprint density at radius 1 is 0.805 bits per heavy atom. The minimum Gasteiger partial charge on any atom is -0.466 e. The molecule has 0 rings (SSSR count). The van der Waals surface area contributed by atoms with Gasteiger partial charge in [-0.05, 0) is 52.1 Å². The third-order valence-electron chi connectivity index (χ3n) is 7.23. The zero-order valence-corrected chi connectivity index (χ0v) is 27.5. The zero-order chi connectivity index (χ0) is 30.6. The van der Waals surface area contributed by atoms with E-state index in [4.69, 9.17) is 10.5 Å². The van der Waals surface area contributed by atoms with Crippen molar-refractivity contribution in [1.29, 1.82) is 0 Å². The standard InChI is InChI=1S/C32H63N3O5S/c1-4-5-6-7-8-9-10-11-12-13-14-15-16-19-24-40-31(38)22-20-25-41-27-28(33)32(39)34-29(26-36)30(37)21-17-18-23-35(2)3/h28-29,36H,4-27,33H2,1-3H3,(H,34,39)/t28-,29-/m0/s1. The molecule has 0 spiro atoms. The Kier molecular flexibility index (Phi) is 28.1. The lowest BCUT2D eigenvalue weighted by Crippen LogP contribution is -2.50. The average molecular weight is 602 g/mol. The van der Waals surface area contributed by atoms with E-state index < -0.39 is 24.6 Å². The first-order valence-electron chi connectivity index (χ1n) is 16.4. The van der Waals surface area contributed by atoms with Gasteiger partial charge in [-0.25, -0.2) is 0 Å². The van der Waals surface area contributed by atoms with Crippen molar-refractivity contribution >= 4 is 29.4 Å². The van der Waals surface area contributed by atoms with Crippen LogP contribution in [0.25, 0.3) is 0 Å². The number of unbranched alkanes of at least 4 members (excludes halogenated alkanes) is 14. The van der Waals surface area contributed by atoms with Crippen LogP contribution in [-0.2, 0) is 19.1 Å². The minimum atomic E-state index is -0.910. The summed E-state index contributed by atoms with van der Waals surface area (Å²) >= 11 is 1.50. The molecule has 0 saturated heterocycles. The summed E-state index contributed by atoms with van der Waals surface area (Å²) in [6.45, 7) is 3.22.